The number of amides is 2. The van der Waals surface area contributed by atoms with E-state index in [0.717, 1.165) is 36.2 Å². The summed E-state index contributed by atoms with van der Waals surface area (Å²) in [5, 5.41) is 0. The molecule has 2 amide bonds. The summed E-state index contributed by atoms with van der Waals surface area (Å²) in [4.78, 5) is 39.7. The third-order valence-electron chi connectivity index (χ3n) is 5.84. The van der Waals surface area contributed by atoms with Gasteiger partial charge >= 0.3 is 0 Å². The van der Waals surface area contributed by atoms with Gasteiger partial charge in [-0.3, -0.25) is 25.2 Å². The lowest BCUT2D eigenvalue weighted by atomic mass is 10.0. The molecule has 5 rings (SSSR count). The maximum absolute atomic E-state index is 12.6. The van der Waals surface area contributed by atoms with Crippen LogP contribution in [-0.4, -0.2) is 30.7 Å². The molecular formula is C25H21N3O3. The molecule has 0 unspecified atom stereocenters. The number of fused-ring (bicyclic) bond motifs is 4. The van der Waals surface area contributed by atoms with Crippen molar-refractivity contribution in [2.24, 2.45) is 0 Å². The van der Waals surface area contributed by atoms with Crippen molar-refractivity contribution in [1.29, 1.82) is 0 Å². The molecule has 0 radical (unpaired) electrons. The van der Waals surface area contributed by atoms with Crippen LogP contribution in [-0.2, 0) is 11.2 Å². The molecule has 6 heteroatoms. The van der Waals surface area contributed by atoms with Crippen molar-refractivity contribution in [1.82, 2.24) is 10.9 Å². The second kappa shape index (κ2) is 7.72. The first kappa shape index (κ1) is 19.1. The lowest BCUT2D eigenvalue weighted by Crippen LogP contribution is -2.47. The van der Waals surface area contributed by atoms with Gasteiger partial charge in [-0.15, -0.1) is 0 Å². The first-order chi connectivity index (χ1) is 15.1. The zero-order chi connectivity index (χ0) is 21.4. The molecule has 154 valence electrons. The number of hydrazine groups is 1. The summed E-state index contributed by atoms with van der Waals surface area (Å²) in [5.74, 6) is -0.846. The average Bonchev–Trinajstić information content (AvgIpc) is 3.09. The first-order valence-electron chi connectivity index (χ1n) is 10.3. The number of carbonyl (C=O) groups is 3. The minimum atomic E-state index is -0.459. The van der Waals surface area contributed by atoms with E-state index in [4.69, 9.17) is 0 Å². The molecule has 0 saturated carbocycles. The number of para-hydroxylation sites is 1. The highest BCUT2D eigenvalue weighted by Crippen LogP contribution is 2.36. The van der Waals surface area contributed by atoms with Gasteiger partial charge in [0.1, 0.15) is 0 Å². The van der Waals surface area contributed by atoms with Crippen molar-refractivity contribution < 1.29 is 14.4 Å². The summed E-state index contributed by atoms with van der Waals surface area (Å²) in [7, 11) is 0. The zero-order valence-electron chi connectivity index (χ0n) is 16.9. The molecule has 1 aliphatic heterocycles. The van der Waals surface area contributed by atoms with Gasteiger partial charge in [-0.25, -0.2) is 0 Å². The average molecular weight is 411 g/mol. The summed E-state index contributed by atoms with van der Waals surface area (Å²) < 4.78 is 0. The molecule has 0 spiro atoms. The fraction of sp³-hybridized carbons (Fsp3) is 0.160. The topological polar surface area (TPSA) is 78.5 Å². The van der Waals surface area contributed by atoms with Crippen molar-refractivity contribution >= 4 is 23.3 Å². The highest BCUT2D eigenvalue weighted by Gasteiger charge is 2.27. The van der Waals surface area contributed by atoms with E-state index >= 15 is 0 Å². The second-order valence-electron chi connectivity index (χ2n) is 7.79. The van der Waals surface area contributed by atoms with Crippen molar-refractivity contribution in [2.45, 2.75) is 12.8 Å². The number of hydrogen-bond acceptors (Lipinski definition) is 4. The van der Waals surface area contributed by atoms with Gasteiger partial charge in [-0.05, 0) is 47.7 Å². The van der Waals surface area contributed by atoms with Gasteiger partial charge in [0.05, 0.1) is 6.54 Å². The smallest absolute Gasteiger partial charge is 0.269 e. The van der Waals surface area contributed by atoms with Crippen molar-refractivity contribution in [3.05, 3.63) is 89.0 Å². The van der Waals surface area contributed by atoms with Gasteiger partial charge in [-0.2, -0.15) is 0 Å². The molecule has 0 saturated heterocycles. The molecule has 31 heavy (non-hydrogen) atoms. The molecule has 2 aliphatic rings. The quantitative estimate of drug-likeness (QED) is 0.508. The third-order valence-corrected chi connectivity index (χ3v) is 5.84. The monoisotopic (exact) mass is 411 g/mol. The predicted octanol–water partition coefficient (Wildman–Crippen LogP) is 3.11. The maximum atomic E-state index is 12.6. The van der Waals surface area contributed by atoms with Crippen molar-refractivity contribution in [2.75, 3.05) is 18.0 Å². The third kappa shape index (κ3) is 3.46. The molecule has 6 nitrogen and oxygen atoms in total. The van der Waals surface area contributed by atoms with Gasteiger partial charge in [0.15, 0.2) is 5.78 Å². The Morgan fingerprint density at radius 2 is 1.58 bits per heavy atom. The number of rotatable bonds is 3. The Labute approximate surface area is 179 Å². The molecule has 2 N–H and O–H groups in total. The van der Waals surface area contributed by atoms with E-state index in [2.05, 4.69) is 16.9 Å². The molecule has 0 aromatic heterocycles. The largest absolute Gasteiger partial charge is 0.362 e. The van der Waals surface area contributed by atoms with Crippen molar-refractivity contribution in [3.8, 4) is 11.1 Å². The number of benzene rings is 3. The number of nitrogens with one attached hydrogen (secondary N) is 2. The van der Waals surface area contributed by atoms with E-state index in [1.54, 1.807) is 24.3 Å². The Kier molecular flexibility index (Phi) is 4.75. The number of ketones is 1. The minimum absolute atomic E-state index is 0.0898. The van der Waals surface area contributed by atoms with E-state index in [1.165, 1.54) is 5.56 Å². The van der Waals surface area contributed by atoms with E-state index in [0.29, 0.717) is 16.7 Å². The predicted molar refractivity (Wildman–Crippen MR) is 118 cm³/mol. The van der Waals surface area contributed by atoms with E-state index in [1.807, 2.05) is 41.3 Å². The van der Waals surface area contributed by atoms with Crippen LogP contribution in [0.2, 0.25) is 0 Å². The van der Waals surface area contributed by atoms with Crippen LogP contribution in [0.25, 0.3) is 11.1 Å². The Morgan fingerprint density at radius 1 is 0.839 bits per heavy atom. The van der Waals surface area contributed by atoms with E-state index in [9.17, 15) is 14.4 Å². The zero-order valence-corrected chi connectivity index (χ0v) is 16.9. The molecule has 1 aliphatic carbocycles. The molecule has 3 aromatic rings. The van der Waals surface area contributed by atoms with Crippen LogP contribution in [0.15, 0.2) is 66.7 Å². The van der Waals surface area contributed by atoms with Crippen molar-refractivity contribution in [3.63, 3.8) is 0 Å². The first-order valence-corrected chi connectivity index (χ1v) is 10.3. The van der Waals surface area contributed by atoms with E-state index < -0.39 is 5.91 Å². The van der Waals surface area contributed by atoms with Crippen LogP contribution in [0.4, 0.5) is 5.69 Å². The summed E-state index contributed by atoms with van der Waals surface area (Å²) in [5.41, 5.74) is 10.4. The summed E-state index contributed by atoms with van der Waals surface area (Å²) in [6, 6.07) is 20.5. The lowest BCUT2D eigenvalue weighted by molar-refractivity contribution is -0.120. The molecule has 1 heterocycles. The van der Waals surface area contributed by atoms with Crippen LogP contribution in [0, 0.1) is 0 Å². The van der Waals surface area contributed by atoms with Gasteiger partial charge in [-0.1, -0.05) is 48.5 Å². The Hall–Kier alpha value is -3.93. The van der Waals surface area contributed by atoms with Gasteiger partial charge in [0, 0.05) is 28.9 Å². The fourth-order valence-corrected chi connectivity index (χ4v) is 4.36. The number of nitrogens with zero attached hydrogens (tertiary/aromatic N) is 1. The Morgan fingerprint density at radius 3 is 2.45 bits per heavy atom. The lowest BCUT2D eigenvalue weighted by Gasteiger charge is -2.30. The van der Waals surface area contributed by atoms with Gasteiger partial charge < -0.3 is 4.90 Å². The van der Waals surface area contributed by atoms with Gasteiger partial charge in [0.2, 0.25) is 0 Å². The molecule has 0 bridgehead atoms. The van der Waals surface area contributed by atoms with Crippen LogP contribution in [0.3, 0.4) is 0 Å². The number of carbonyl (C=O) groups excluding carboxylic acids is 3. The number of anilines is 1. The van der Waals surface area contributed by atoms with Crippen LogP contribution < -0.4 is 15.8 Å². The fourth-order valence-electron chi connectivity index (χ4n) is 4.36. The molecular weight excluding hydrogens is 390 g/mol. The number of hydrogen-bond donors (Lipinski definition) is 2. The highest BCUT2D eigenvalue weighted by atomic mass is 16.2. The van der Waals surface area contributed by atoms with Crippen LogP contribution in [0.1, 0.15) is 38.3 Å². The maximum Gasteiger partial charge on any atom is 0.269 e. The standard InChI is InChI=1S/C25H21N3O3/c29-23(15-28-13-5-7-16-6-1-4-10-22(16)28)26-27-25(31)17-11-12-19-18-8-2-3-9-20(18)24(30)21(19)14-17/h1-4,6,8-12,14H,5,7,13,15H2,(H,26,29)(H,27,31). The Balaban J connectivity index is 1.24. The second-order valence-corrected chi connectivity index (χ2v) is 7.79. The normalized spacial score (nSPS) is 13.8. The SMILES string of the molecule is O=C(CN1CCCc2ccccc21)NNC(=O)c1ccc2c(c1)C(=O)c1ccccc1-2. The highest BCUT2D eigenvalue weighted by molar-refractivity contribution is 6.22. The minimum Gasteiger partial charge on any atom is -0.362 e. The molecule has 0 atom stereocenters. The van der Waals surface area contributed by atoms with E-state index in [-0.39, 0.29) is 18.2 Å². The summed E-state index contributed by atoms with van der Waals surface area (Å²) in [6.07, 6.45) is 1.99. The van der Waals surface area contributed by atoms with Gasteiger partial charge in [0.25, 0.3) is 11.8 Å². The molecule has 3 aromatic carbocycles. The van der Waals surface area contributed by atoms with Crippen LogP contribution >= 0.6 is 0 Å². The summed E-state index contributed by atoms with van der Waals surface area (Å²) >= 11 is 0. The number of aryl methyl sites for hydroxylation is 1. The molecule has 0 fully saturated rings. The Bertz CT molecular complexity index is 1220. The van der Waals surface area contributed by atoms with Crippen LogP contribution in [0.5, 0.6) is 0 Å². The summed E-state index contributed by atoms with van der Waals surface area (Å²) in [6.45, 7) is 0.959.